The molecule has 0 unspecified atom stereocenters. The van der Waals surface area contributed by atoms with E-state index in [2.05, 4.69) is 5.10 Å². The van der Waals surface area contributed by atoms with Crippen molar-refractivity contribution in [2.75, 3.05) is 6.54 Å². The molecule has 1 saturated heterocycles. The summed E-state index contributed by atoms with van der Waals surface area (Å²) in [5.41, 5.74) is 2.12. The molecule has 0 radical (unpaired) electrons. The molecule has 0 bridgehead atoms. The van der Waals surface area contributed by atoms with E-state index in [-0.39, 0.29) is 5.91 Å². The molecule has 18 heavy (non-hydrogen) atoms. The van der Waals surface area contributed by atoms with Gasteiger partial charge >= 0.3 is 0 Å². The average molecular weight is 241 g/mol. The van der Waals surface area contributed by atoms with Crippen molar-refractivity contribution >= 4 is 5.91 Å². The van der Waals surface area contributed by atoms with Crippen LogP contribution in [0.1, 0.15) is 18.4 Å². The van der Waals surface area contributed by atoms with Crippen molar-refractivity contribution in [1.82, 2.24) is 14.7 Å². The lowest BCUT2D eigenvalue weighted by Gasteiger charge is -2.13. The second-order valence-corrected chi connectivity index (χ2v) is 4.55. The highest BCUT2D eigenvalue weighted by Crippen LogP contribution is 2.15. The third-order valence-electron chi connectivity index (χ3n) is 3.20. The van der Waals surface area contributed by atoms with Crippen LogP contribution in [0.25, 0.3) is 5.69 Å². The predicted molar refractivity (Wildman–Crippen MR) is 68.2 cm³/mol. The van der Waals surface area contributed by atoms with Crippen LogP contribution in [0.4, 0.5) is 0 Å². The van der Waals surface area contributed by atoms with Crippen LogP contribution >= 0.6 is 0 Å². The molecule has 3 rings (SSSR count). The zero-order valence-corrected chi connectivity index (χ0v) is 10.1. The number of carbonyl (C=O) groups is 1. The molecule has 2 heterocycles. The first-order valence-electron chi connectivity index (χ1n) is 6.20. The number of rotatable bonds is 3. The summed E-state index contributed by atoms with van der Waals surface area (Å²) in [5.74, 6) is 0.252. The first-order chi connectivity index (χ1) is 8.83. The average Bonchev–Trinajstić information content (AvgIpc) is 3.02. The van der Waals surface area contributed by atoms with Gasteiger partial charge in [-0.25, -0.2) is 4.68 Å². The van der Waals surface area contributed by atoms with Crippen molar-refractivity contribution in [3.8, 4) is 5.69 Å². The van der Waals surface area contributed by atoms with E-state index < -0.39 is 0 Å². The minimum absolute atomic E-state index is 0.252. The first kappa shape index (κ1) is 11.0. The van der Waals surface area contributed by atoms with Crippen molar-refractivity contribution in [1.29, 1.82) is 0 Å². The number of aromatic nitrogens is 2. The smallest absolute Gasteiger partial charge is 0.222 e. The Morgan fingerprint density at radius 1 is 1.22 bits per heavy atom. The van der Waals surface area contributed by atoms with E-state index in [0.717, 1.165) is 24.2 Å². The molecule has 0 N–H and O–H groups in total. The molecule has 4 heteroatoms. The molecule has 92 valence electrons. The van der Waals surface area contributed by atoms with Gasteiger partial charge in [-0.1, -0.05) is 18.2 Å². The van der Waals surface area contributed by atoms with Gasteiger partial charge in [0.05, 0.1) is 11.9 Å². The van der Waals surface area contributed by atoms with E-state index in [0.29, 0.717) is 13.0 Å². The maximum Gasteiger partial charge on any atom is 0.222 e. The fraction of sp³-hybridized carbons (Fsp3) is 0.286. The fourth-order valence-corrected chi connectivity index (χ4v) is 2.26. The zero-order valence-electron chi connectivity index (χ0n) is 10.1. The van der Waals surface area contributed by atoms with Crippen molar-refractivity contribution in [3.63, 3.8) is 0 Å². The number of hydrogen-bond acceptors (Lipinski definition) is 2. The molecule has 1 aromatic heterocycles. The van der Waals surface area contributed by atoms with Crippen LogP contribution in [0.15, 0.2) is 42.7 Å². The third-order valence-corrected chi connectivity index (χ3v) is 3.20. The van der Waals surface area contributed by atoms with Gasteiger partial charge in [-0.2, -0.15) is 5.10 Å². The number of amides is 1. The second-order valence-electron chi connectivity index (χ2n) is 4.55. The van der Waals surface area contributed by atoms with Gasteiger partial charge in [-0.05, 0) is 18.6 Å². The summed E-state index contributed by atoms with van der Waals surface area (Å²) in [7, 11) is 0. The third kappa shape index (κ3) is 2.14. The lowest BCUT2D eigenvalue weighted by atomic mass is 10.3. The molecule has 1 aliphatic heterocycles. The van der Waals surface area contributed by atoms with E-state index in [9.17, 15) is 4.79 Å². The molecule has 1 aliphatic rings. The molecule has 2 aromatic rings. The van der Waals surface area contributed by atoms with Gasteiger partial charge in [0.25, 0.3) is 0 Å². The lowest BCUT2D eigenvalue weighted by Crippen LogP contribution is -2.23. The molecule has 1 fully saturated rings. The quantitative estimate of drug-likeness (QED) is 0.824. The summed E-state index contributed by atoms with van der Waals surface area (Å²) >= 11 is 0. The lowest BCUT2D eigenvalue weighted by molar-refractivity contribution is -0.128. The van der Waals surface area contributed by atoms with Crippen LogP contribution in [0, 0.1) is 0 Å². The standard InChI is InChI=1S/C14H15N3O/c18-14-7-4-8-16(14)10-12-9-15-17(11-12)13-5-2-1-3-6-13/h1-3,5-6,9,11H,4,7-8,10H2. The van der Waals surface area contributed by atoms with Crippen LogP contribution in [0.5, 0.6) is 0 Å². The molecular weight excluding hydrogens is 226 g/mol. The normalized spacial score (nSPS) is 15.3. The van der Waals surface area contributed by atoms with Crippen LogP contribution < -0.4 is 0 Å². The Hall–Kier alpha value is -2.10. The van der Waals surface area contributed by atoms with E-state index >= 15 is 0 Å². The largest absolute Gasteiger partial charge is 0.338 e. The number of benzene rings is 1. The molecule has 4 nitrogen and oxygen atoms in total. The molecule has 0 spiro atoms. The highest BCUT2D eigenvalue weighted by molar-refractivity contribution is 5.78. The van der Waals surface area contributed by atoms with Gasteiger partial charge in [0.1, 0.15) is 0 Å². The van der Waals surface area contributed by atoms with Gasteiger partial charge in [-0.3, -0.25) is 4.79 Å². The van der Waals surface area contributed by atoms with Crippen molar-refractivity contribution < 1.29 is 4.79 Å². The van der Waals surface area contributed by atoms with E-state index in [1.807, 2.05) is 52.3 Å². The summed E-state index contributed by atoms with van der Waals surface area (Å²) in [4.78, 5) is 13.4. The highest BCUT2D eigenvalue weighted by atomic mass is 16.2. The molecule has 0 aliphatic carbocycles. The Morgan fingerprint density at radius 2 is 2.06 bits per heavy atom. The Bertz CT molecular complexity index is 547. The van der Waals surface area contributed by atoms with Gasteiger partial charge < -0.3 is 4.90 Å². The topological polar surface area (TPSA) is 38.1 Å². The molecular formula is C14H15N3O. The van der Waals surface area contributed by atoms with E-state index in [1.165, 1.54) is 0 Å². The minimum Gasteiger partial charge on any atom is -0.338 e. The number of para-hydroxylation sites is 1. The molecule has 1 amide bonds. The first-order valence-corrected chi connectivity index (χ1v) is 6.20. The van der Waals surface area contributed by atoms with Gasteiger partial charge in [-0.15, -0.1) is 0 Å². The SMILES string of the molecule is O=C1CCCN1Cc1cnn(-c2ccccc2)c1. The summed E-state index contributed by atoms with van der Waals surface area (Å²) in [6, 6.07) is 9.98. The fourth-order valence-electron chi connectivity index (χ4n) is 2.26. The molecule has 1 aromatic carbocycles. The predicted octanol–water partition coefficient (Wildman–Crippen LogP) is 1.99. The Morgan fingerprint density at radius 3 is 2.78 bits per heavy atom. The van der Waals surface area contributed by atoms with Crippen molar-refractivity contribution in [2.24, 2.45) is 0 Å². The van der Waals surface area contributed by atoms with Crippen LogP contribution in [0.3, 0.4) is 0 Å². The van der Waals surface area contributed by atoms with Gasteiger partial charge in [0.15, 0.2) is 0 Å². The Kier molecular flexibility index (Phi) is 2.84. The Balaban J connectivity index is 1.76. The Labute approximate surface area is 106 Å². The van der Waals surface area contributed by atoms with Gasteiger partial charge in [0.2, 0.25) is 5.91 Å². The van der Waals surface area contributed by atoms with Crippen LogP contribution in [0.2, 0.25) is 0 Å². The summed E-state index contributed by atoms with van der Waals surface area (Å²) in [6.07, 6.45) is 5.48. The van der Waals surface area contributed by atoms with E-state index in [1.54, 1.807) is 0 Å². The van der Waals surface area contributed by atoms with Crippen molar-refractivity contribution in [3.05, 3.63) is 48.3 Å². The number of hydrogen-bond donors (Lipinski definition) is 0. The summed E-state index contributed by atoms with van der Waals surface area (Å²) in [6.45, 7) is 1.54. The number of likely N-dealkylation sites (tertiary alicyclic amines) is 1. The number of carbonyl (C=O) groups excluding carboxylic acids is 1. The second kappa shape index (κ2) is 4.64. The minimum atomic E-state index is 0.252. The summed E-state index contributed by atoms with van der Waals surface area (Å²) < 4.78 is 1.84. The zero-order chi connectivity index (χ0) is 12.4. The highest BCUT2D eigenvalue weighted by Gasteiger charge is 2.20. The summed E-state index contributed by atoms with van der Waals surface area (Å²) in [5, 5.41) is 4.33. The maximum atomic E-state index is 11.6. The molecule has 0 saturated carbocycles. The van der Waals surface area contributed by atoms with Crippen LogP contribution in [-0.4, -0.2) is 27.1 Å². The van der Waals surface area contributed by atoms with Gasteiger partial charge in [0, 0.05) is 31.3 Å². The molecule has 0 atom stereocenters. The van der Waals surface area contributed by atoms with Crippen LogP contribution in [-0.2, 0) is 11.3 Å². The van der Waals surface area contributed by atoms with E-state index in [4.69, 9.17) is 0 Å². The number of nitrogens with zero attached hydrogens (tertiary/aromatic N) is 3. The monoisotopic (exact) mass is 241 g/mol. The van der Waals surface area contributed by atoms with Crippen molar-refractivity contribution in [2.45, 2.75) is 19.4 Å². The maximum absolute atomic E-state index is 11.6.